The quantitative estimate of drug-likeness (QED) is 0.778. The molecule has 1 aromatic carbocycles. The Morgan fingerprint density at radius 1 is 1.18 bits per heavy atom. The molecule has 2 aromatic rings. The Bertz CT molecular complexity index is 473. The van der Waals surface area contributed by atoms with E-state index in [0.717, 1.165) is 18.1 Å². The maximum absolute atomic E-state index is 5.74. The molecule has 0 aliphatic carbocycles. The van der Waals surface area contributed by atoms with Gasteiger partial charge in [0.15, 0.2) is 0 Å². The van der Waals surface area contributed by atoms with E-state index in [1.54, 1.807) is 12.4 Å². The number of rotatable bonds is 4. The third kappa shape index (κ3) is 3.17. The normalized spacial score (nSPS) is 10.2. The van der Waals surface area contributed by atoms with E-state index in [4.69, 9.17) is 11.6 Å². The number of alkyl halides is 1. The van der Waals surface area contributed by atoms with Crippen molar-refractivity contribution in [1.29, 1.82) is 0 Å². The van der Waals surface area contributed by atoms with E-state index >= 15 is 0 Å². The molecule has 0 aliphatic rings. The van der Waals surface area contributed by atoms with Crippen molar-refractivity contribution in [3.05, 3.63) is 54.0 Å². The van der Waals surface area contributed by atoms with E-state index in [-0.39, 0.29) is 0 Å². The van der Waals surface area contributed by atoms with E-state index in [1.807, 2.05) is 25.2 Å². The first-order chi connectivity index (χ1) is 8.29. The van der Waals surface area contributed by atoms with E-state index < -0.39 is 0 Å². The standard InChI is InChI=1S/C13H14ClN3/c1-17(10-11-5-3-2-4-6-11)13-9-15-8-12(7-14)16-13/h2-6,8-9H,7,10H2,1H3. The summed E-state index contributed by atoms with van der Waals surface area (Å²) in [4.78, 5) is 10.6. The summed E-state index contributed by atoms with van der Waals surface area (Å²) in [6.45, 7) is 0.807. The lowest BCUT2D eigenvalue weighted by atomic mass is 10.2. The number of benzene rings is 1. The molecule has 0 aliphatic heterocycles. The van der Waals surface area contributed by atoms with Gasteiger partial charge >= 0.3 is 0 Å². The molecule has 4 heteroatoms. The van der Waals surface area contributed by atoms with Crippen LogP contribution < -0.4 is 4.90 Å². The summed E-state index contributed by atoms with van der Waals surface area (Å²) in [5, 5.41) is 0. The molecule has 0 fully saturated rings. The summed E-state index contributed by atoms with van der Waals surface area (Å²) in [7, 11) is 2.00. The fraction of sp³-hybridized carbons (Fsp3) is 0.231. The third-order valence-electron chi connectivity index (χ3n) is 2.46. The molecule has 1 heterocycles. The lowest BCUT2D eigenvalue weighted by Crippen LogP contribution is -2.18. The van der Waals surface area contributed by atoms with Crippen molar-refractivity contribution in [1.82, 2.24) is 9.97 Å². The van der Waals surface area contributed by atoms with Crippen LogP contribution in [0, 0.1) is 0 Å². The Hall–Kier alpha value is -1.61. The maximum Gasteiger partial charge on any atom is 0.147 e. The highest BCUT2D eigenvalue weighted by Crippen LogP contribution is 2.12. The van der Waals surface area contributed by atoms with Crippen LogP contribution in [0.4, 0.5) is 5.82 Å². The number of aromatic nitrogens is 2. The first-order valence-electron chi connectivity index (χ1n) is 5.41. The fourth-order valence-corrected chi connectivity index (χ4v) is 1.71. The Kier molecular flexibility index (Phi) is 3.94. The Balaban J connectivity index is 2.11. The highest BCUT2D eigenvalue weighted by atomic mass is 35.5. The maximum atomic E-state index is 5.74. The fourth-order valence-electron chi connectivity index (χ4n) is 1.58. The largest absolute Gasteiger partial charge is 0.354 e. The van der Waals surface area contributed by atoms with E-state index in [9.17, 15) is 0 Å². The molecule has 3 nitrogen and oxygen atoms in total. The molecule has 0 amide bonds. The summed E-state index contributed by atoms with van der Waals surface area (Å²) in [6.07, 6.45) is 3.44. The van der Waals surface area contributed by atoms with Gasteiger partial charge in [-0.25, -0.2) is 4.98 Å². The SMILES string of the molecule is CN(Cc1ccccc1)c1cncc(CCl)n1. The Labute approximate surface area is 106 Å². The zero-order valence-electron chi connectivity index (χ0n) is 9.68. The van der Waals surface area contributed by atoms with Crippen LogP contribution in [0.2, 0.25) is 0 Å². The molecular weight excluding hydrogens is 234 g/mol. The highest BCUT2D eigenvalue weighted by molar-refractivity contribution is 6.16. The van der Waals surface area contributed by atoms with E-state index in [0.29, 0.717) is 5.88 Å². The Morgan fingerprint density at radius 3 is 2.65 bits per heavy atom. The topological polar surface area (TPSA) is 29.0 Å². The lowest BCUT2D eigenvalue weighted by Gasteiger charge is -2.18. The zero-order valence-corrected chi connectivity index (χ0v) is 10.4. The minimum Gasteiger partial charge on any atom is -0.354 e. The summed E-state index contributed by atoms with van der Waals surface area (Å²) in [5.41, 5.74) is 2.04. The molecule has 0 N–H and O–H groups in total. The minimum atomic E-state index is 0.389. The van der Waals surface area contributed by atoms with Gasteiger partial charge in [0.2, 0.25) is 0 Å². The number of anilines is 1. The second-order valence-corrected chi connectivity index (χ2v) is 4.11. The number of halogens is 1. The van der Waals surface area contributed by atoms with Crippen LogP contribution in [-0.4, -0.2) is 17.0 Å². The van der Waals surface area contributed by atoms with Gasteiger partial charge in [-0.3, -0.25) is 4.98 Å². The van der Waals surface area contributed by atoms with Gasteiger partial charge in [0.05, 0.1) is 17.8 Å². The second kappa shape index (κ2) is 5.64. The van der Waals surface area contributed by atoms with Crippen LogP contribution in [0.25, 0.3) is 0 Å². The van der Waals surface area contributed by atoms with E-state index in [1.165, 1.54) is 5.56 Å². The van der Waals surface area contributed by atoms with Crippen LogP contribution in [0.3, 0.4) is 0 Å². The molecule has 17 heavy (non-hydrogen) atoms. The number of nitrogens with zero attached hydrogens (tertiary/aromatic N) is 3. The molecule has 0 unspecified atom stereocenters. The molecule has 0 saturated carbocycles. The predicted molar refractivity (Wildman–Crippen MR) is 70.1 cm³/mol. The van der Waals surface area contributed by atoms with Gasteiger partial charge in [0.25, 0.3) is 0 Å². The van der Waals surface area contributed by atoms with Gasteiger partial charge in [-0.2, -0.15) is 0 Å². The monoisotopic (exact) mass is 247 g/mol. The molecule has 0 atom stereocenters. The number of hydrogen-bond acceptors (Lipinski definition) is 3. The average molecular weight is 248 g/mol. The van der Waals surface area contributed by atoms with Gasteiger partial charge in [-0.05, 0) is 5.56 Å². The predicted octanol–water partition coefficient (Wildman–Crippen LogP) is 2.85. The van der Waals surface area contributed by atoms with Gasteiger partial charge in [0, 0.05) is 19.8 Å². The van der Waals surface area contributed by atoms with Gasteiger partial charge in [-0.15, -0.1) is 11.6 Å². The average Bonchev–Trinajstić information content (AvgIpc) is 2.40. The van der Waals surface area contributed by atoms with Crippen LogP contribution in [0.1, 0.15) is 11.3 Å². The first kappa shape index (κ1) is 11.9. The van der Waals surface area contributed by atoms with Gasteiger partial charge in [0.1, 0.15) is 5.82 Å². The molecule has 88 valence electrons. The van der Waals surface area contributed by atoms with Crippen molar-refractivity contribution in [3.8, 4) is 0 Å². The third-order valence-corrected chi connectivity index (χ3v) is 2.74. The van der Waals surface area contributed by atoms with Crippen LogP contribution in [-0.2, 0) is 12.4 Å². The molecule has 2 rings (SSSR count). The lowest BCUT2D eigenvalue weighted by molar-refractivity contribution is 0.880. The van der Waals surface area contributed by atoms with Crippen molar-refractivity contribution >= 4 is 17.4 Å². The smallest absolute Gasteiger partial charge is 0.147 e. The molecular formula is C13H14ClN3. The minimum absolute atomic E-state index is 0.389. The summed E-state index contributed by atoms with van der Waals surface area (Å²) >= 11 is 5.74. The van der Waals surface area contributed by atoms with Crippen LogP contribution in [0.15, 0.2) is 42.7 Å². The molecule has 0 spiro atoms. The van der Waals surface area contributed by atoms with Crippen LogP contribution >= 0.6 is 11.6 Å². The highest BCUT2D eigenvalue weighted by Gasteiger charge is 2.04. The second-order valence-electron chi connectivity index (χ2n) is 3.84. The van der Waals surface area contributed by atoms with Gasteiger partial charge in [-0.1, -0.05) is 30.3 Å². The molecule has 0 radical (unpaired) electrons. The molecule has 1 aromatic heterocycles. The van der Waals surface area contributed by atoms with Gasteiger partial charge < -0.3 is 4.90 Å². The first-order valence-corrected chi connectivity index (χ1v) is 5.95. The summed E-state index contributed by atoms with van der Waals surface area (Å²) in [6, 6.07) is 10.3. The summed E-state index contributed by atoms with van der Waals surface area (Å²) in [5.74, 6) is 1.23. The molecule has 0 saturated heterocycles. The van der Waals surface area contributed by atoms with Crippen LogP contribution in [0.5, 0.6) is 0 Å². The van der Waals surface area contributed by atoms with Crippen molar-refractivity contribution in [2.75, 3.05) is 11.9 Å². The molecule has 0 bridgehead atoms. The zero-order chi connectivity index (χ0) is 12.1. The van der Waals surface area contributed by atoms with Crippen molar-refractivity contribution < 1.29 is 0 Å². The van der Waals surface area contributed by atoms with Crippen molar-refractivity contribution in [3.63, 3.8) is 0 Å². The Morgan fingerprint density at radius 2 is 1.94 bits per heavy atom. The van der Waals surface area contributed by atoms with Crippen molar-refractivity contribution in [2.45, 2.75) is 12.4 Å². The van der Waals surface area contributed by atoms with Crippen molar-refractivity contribution in [2.24, 2.45) is 0 Å². The summed E-state index contributed by atoms with van der Waals surface area (Å²) < 4.78 is 0. The van der Waals surface area contributed by atoms with E-state index in [2.05, 4.69) is 27.0 Å². The number of hydrogen-bond donors (Lipinski definition) is 0.